The van der Waals surface area contributed by atoms with Gasteiger partial charge < -0.3 is 0 Å². The van der Waals surface area contributed by atoms with E-state index in [1.165, 1.54) is 16.1 Å². The summed E-state index contributed by atoms with van der Waals surface area (Å²) in [5.74, 6) is 0.271. The molecule has 27 heavy (non-hydrogen) atoms. The minimum Gasteiger partial charge on any atom is -0.300 e. The summed E-state index contributed by atoms with van der Waals surface area (Å²) < 4.78 is 1.03. The predicted octanol–water partition coefficient (Wildman–Crippen LogP) is 3.79. The number of benzene rings is 2. The fraction of sp³-hybridized carbons (Fsp3) is 0.211. The van der Waals surface area contributed by atoms with Crippen molar-refractivity contribution in [3.63, 3.8) is 0 Å². The number of thiazole rings is 1. The van der Waals surface area contributed by atoms with Crippen LogP contribution in [0.25, 0.3) is 21.6 Å². The van der Waals surface area contributed by atoms with E-state index in [4.69, 9.17) is 0 Å². The number of hydrogen-bond acceptors (Lipinski definition) is 6. The topological polar surface area (TPSA) is 85.6 Å². The van der Waals surface area contributed by atoms with Gasteiger partial charge in [0.05, 0.1) is 10.2 Å². The van der Waals surface area contributed by atoms with Crippen molar-refractivity contribution in [2.75, 3.05) is 5.32 Å². The third-order valence-electron chi connectivity index (χ3n) is 4.13. The normalized spacial score (nSPS) is 12.4. The zero-order valence-corrected chi connectivity index (χ0v) is 15.7. The lowest BCUT2D eigenvalue weighted by molar-refractivity contribution is -0.121. The van der Waals surface area contributed by atoms with Crippen LogP contribution in [0.15, 0.2) is 54.6 Å². The summed E-state index contributed by atoms with van der Waals surface area (Å²) >= 11 is 1.44. The molecule has 1 atom stereocenters. The zero-order valence-electron chi connectivity index (χ0n) is 14.9. The SMILES string of the molecule is CC(C)C(C(=O)Nc1nc2ccccc2s1)n1nnc(-c2ccccc2)n1. The Morgan fingerprint density at radius 2 is 1.81 bits per heavy atom. The third-order valence-corrected chi connectivity index (χ3v) is 5.09. The molecule has 136 valence electrons. The Kier molecular flexibility index (Phi) is 4.64. The second-order valence-electron chi connectivity index (χ2n) is 6.46. The molecule has 1 unspecified atom stereocenters. The van der Waals surface area contributed by atoms with Gasteiger partial charge in [-0.25, -0.2) is 4.98 Å². The molecule has 0 fully saturated rings. The van der Waals surface area contributed by atoms with Crippen molar-refractivity contribution in [3.05, 3.63) is 54.6 Å². The van der Waals surface area contributed by atoms with Crippen molar-refractivity contribution in [1.82, 2.24) is 25.2 Å². The van der Waals surface area contributed by atoms with Crippen molar-refractivity contribution in [2.45, 2.75) is 19.9 Å². The number of amides is 1. The zero-order chi connectivity index (χ0) is 18.8. The van der Waals surface area contributed by atoms with Crippen LogP contribution >= 0.6 is 11.3 Å². The number of anilines is 1. The van der Waals surface area contributed by atoms with Crippen LogP contribution in [0.5, 0.6) is 0 Å². The van der Waals surface area contributed by atoms with Crippen LogP contribution in [0.1, 0.15) is 19.9 Å². The number of carbonyl (C=O) groups is 1. The van der Waals surface area contributed by atoms with Gasteiger partial charge in [0.25, 0.3) is 5.91 Å². The van der Waals surface area contributed by atoms with Gasteiger partial charge in [0.1, 0.15) is 0 Å². The van der Waals surface area contributed by atoms with Crippen molar-refractivity contribution in [1.29, 1.82) is 0 Å². The van der Waals surface area contributed by atoms with E-state index in [2.05, 4.69) is 25.7 Å². The van der Waals surface area contributed by atoms with E-state index in [1.807, 2.05) is 68.4 Å². The maximum atomic E-state index is 12.9. The minimum atomic E-state index is -0.582. The van der Waals surface area contributed by atoms with Gasteiger partial charge in [-0.05, 0) is 23.3 Å². The molecule has 0 saturated heterocycles. The highest BCUT2D eigenvalue weighted by molar-refractivity contribution is 7.22. The van der Waals surface area contributed by atoms with Crippen molar-refractivity contribution in [3.8, 4) is 11.4 Å². The molecule has 0 radical (unpaired) electrons. The van der Waals surface area contributed by atoms with Crippen LogP contribution in [0.4, 0.5) is 5.13 Å². The van der Waals surface area contributed by atoms with Gasteiger partial charge in [-0.2, -0.15) is 4.80 Å². The lowest BCUT2D eigenvalue weighted by Crippen LogP contribution is -2.31. The summed E-state index contributed by atoms with van der Waals surface area (Å²) in [6.45, 7) is 3.91. The molecule has 2 heterocycles. The number of hydrogen-bond donors (Lipinski definition) is 1. The first-order valence-corrected chi connectivity index (χ1v) is 9.45. The number of rotatable bonds is 5. The number of nitrogens with zero attached hydrogens (tertiary/aromatic N) is 5. The van der Waals surface area contributed by atoms with Gasteiger partial charge in [-0.1, -0.05) is 67.6 Å². The molecule has 0 spiro atoms. The highest BCUT2D eigenvalue weighted by Gasteiger charge is 2.28. The average Bonchev–Trinajstić information content (AvgIpc) is 3.29. The Balaban J connectivity index is 1.58. The van der Waals surface area contributed by atoms with Crippen LogP contribution in [0, 0.1) is 5.92 Å². The molecule has 0 saturated carbocycles. The molecule has 0 aliphatic heterocycles. The molecule has 0 bridgehead atoms. The highest BCUT2D eigenvalue weighted by Crippen LogP contribution is 2.27. The quantitative estimate of drug-likeness (QED) is 0.571. The Morgan fingerprint density at radius 3 is 2.56 bits per heavy atom. The number of fused-ring (bicyclic) bond motifs is 1. The van der Waals surface area contributed by atoms with Gasteiger partial charge in [0, 0.05) is 5.56 Å². The number of tetrazole rings is 1. The molecule has 8 heteroatoms. The molecule has 7 nitrogen and oxygen atoms in total. The molecule has 0 aliphatic carbocycles. The molecule has 2 aromatic heterocycles. The van der Waals surface area contributed by atoms with Crippen LogP contribution in [0.3, 0.4) is 0 Å². The highest BCUT2D eigenvalue weighted by atomic mass is 32.1. The van der Waals surface area contributed by atoms with E-state index in [1.54, 1.807) is 0 Å². The predicted molar refractivity (Wildman–Crippen MR) is 105 cm³/mol. The molecular formula is C19H18N6OS. The Bertz CT molecular complexity index is 1040. The van der Waals surface area contributed by atoms with Crippen LogP contribution in [0.2, 0.25) is 0 Å². The molecule has 4 aromatic rings. The third kappa shape index (κ3) is 3.56. The number of para-hydroxylation sites is 1. The lowest BCUT2D eigenvalue weighted by Gasteiger charge is -2.17. The van der Waals surface area contributed by atoms with E-state index in [0.29, 0.717) is 11.0 Å². The Hall–Kier alpha value is -3.13. The summed E-state index contributed by atoms with van der Waals surface area (Å²) in [6.07, 6.45) is 0. The van der Waals surface area contributed by atoms with Gasteiger partial charge in [-0.15, -0.1) is 10.2 Å². The summed E-state index contributed by atoms with van der Waals surface area (Å²) in [4.78, 5) is 18.8. The first-order chi connectivity index (χ1) is 13.1. The van der Waals surface area contributed by atoms with Gasteiger partial charge in [0.2, 0.25) is 5.82 Å². The van der Waals surface area contributed by atoms with Crippen LogP contribution < -0.4 is 5.32 Å². The molecule has 1 N–H and O–H groups in total. The summed E-state index contributed by atoms with van der Waals surface area (Å²) in [6, 6.07) is 16.8. The van der Waals surface area contributed by atoms with E-state index < -0.39 is 6.04 Å². The largest absolute Gasteiger partial charge is 0.300 e. The molecule has 0 aliphatic rings. The maximum absolute atomic E-state index is 12.9. The Morgan fingerprint density at radius 1 is 1.07 bits per heavy atom. The molecular weight excluding hydrogens is 360 g/mol. The monoisotopic (exact) mass is 378 g/mol. The number of aromatic nitrogens is 5. The minimum absolute atomic E-state index is 0.0165. The number of carbonyl (C=O) groups excluding carboxylic acids is 1. The van der Waals surface area contributed by atoms with Crippen molar-refractivity contribution >= 4 is 32.6 Å². The molecule has 2 aromatic carbocycles. The number of nitrogens with one attached hydrogen (secondary N) is 1. The summed E-state index contributed by atoms with van der Waals surface area (Å²) in [5, 5.41) is 16.1. The van der Waals surface area contributed by atoms with Crippen LogP contribution in [-0.2, 0) is 4.79 Å². The van der Waals surface area contributed by atoms with Gasteiger partial charge in [-0.3, -0.25) is 10.1 Å². The molecule has 4 rings (SSSR count). The molecule has 1 amide bonds. The van der Waals surface area contributed by atoms with Crippen molar-refractivity contribution in [2.24, 2.45) is 5.92 Å². The van der Waals surface area contributed by atoms with Crippen molar-refractivity contribution < 1.29 is 4.79 Å². The Labute approximate surface area is 160 Å². The van der Waals surface area contributed by atoms with E-state index in [0.717, 1.165) is 15.8 Å². The lowest BCUT2D eigenvalue weighted by atomic mass is 10.0. The van der Waals surface area contributed by atoms with Gasteiger partial charge in [0.15, 0.2) is 11.2 Å². The fourth-order valence-electron chi connectivity index (χ4n) is 2.83. The standard InChI is InChI=1S/C19H18N6OS/c1-12(2)16(25-23-17(22-24-25)13-8-4-3-5-9-13)18(26)21-19-20-14-10-6-7-11-15(14)27-19/h3-12,16H,1-2H3,(H,20,21,26). The fourth-order valence-corrected chi connectivity index (χ4v) is 3.69. The van der Waals surface area contributed by atoms with E-state index >= 15 is 0 Å². The first kappa shape index (κ1) is 17.3. The smallest absolute Gasteiger partial charge is 0.253 e. The van der Waals surface area contributed by atoms with E-state index in [-0.39, 0.29) is 11.8 Å². The van der Waals surface area contributed by atoms with Crippen LogP contribution in [-0.4, -0.2) is 31.1 Å². The average molecular weight is 378 g/mol. The first-order valence-electron chi connectivity index (χ1n) is 8.63. The maximum Gasteiger partial charge on any atom is 0.253 e. The summed E-state index contributed by atoms with van der Waals surface area (Å²) in [7, 11) is 0. The second kappa shape index (κ2) is 7.24. The second-order valence-corrected chi connectivity index (χ2v) is 7.49. The summed E-state index contributed by atoms with van der Waals surface area (Å²) in [5.41, 5.74) is 1.72. The van der Waals surface area contributed by atoms with Gasteiger partial charge >= 0.3 is 0 Å². The van der Waals surface area contributed by atoms with E-state index in [9.17, 15) is 4.79 Å².